The van der Waals surface area contributed by atoms with E-state index in [1.807, 2.05) is 0 Å². The number of halogens is 1. The van der Waals surface area contributed by atoms with Gasteiger partial charge >= 0.3 is 0 Å². The van der Waals surface area contributed by atoms with E-state index in [4.69, 9.17) is 5.11 Å². The predicted molar refractivity (Wildman–Crippen MR) is 41.5 cm³/mol. The molecule has 64 valence electrons. The first-order chi connectivity index (χ1) is 5.65. The standard InChI is InChI=1S/C8H8FNO2/c1-10-8(12)6-4-5(11)2-3-7(6)9/h2-4,11H,1H3,(H,10,12). The number of benzene rings is 1. The molecule has 0 unspecified atom stereocenters. The maximum Gasteiger partial charge on any atom is 0.254 e. The zero-order valence-corrected chi connectivity index (χ0v) is 6.47. The number of nitrogens with one attached hydrogen (secondary N) is 1. The Hall–Kier alpha value is -1.58. The highest BCUT2D eigenvalue weighted by Gasteiger charge is 2.09. The smallest absolute Gasteiger partial charge is 0.254 e. The van der Waals surface area contributed by atoms with E-state index in [1.165, 1.54) is 13.1 Å². The molecule has 0 bridgehead atoms. The topological polar surface area (TPSA) is 49.3 Å². The van der Waals surface area contributed by atoms with Crippen LogP contribution in [0.5, 0.6) is 5.75 Å². The van der Waals surface area contributed by atoms with Crippen LogP contribution < -0.4 is 5.32 Å². The van der Waals surface area contributed by atoms with Gasteiger partial charge in [0.05, 0.1) is 5.56 Å². The van der Waals surface area contributed by atoms with E-state index in [0.29, 0.717) is 0 Å². The highest BCUT2D eigenvalue weighted by atomic mass is 19.1. The van der Waals surface area contributed by atoms with Crippen LogP contribution in [0.1, 0.15) is 10.4 Å². The molecule has 0 saturated carbocycles. The van der Waals surface area contributed by atoms with E-state index < -0.39 is 11.7 Å². The Kier molecular flexibility index (Phi) is 2.28. The van der Waals surface area contributed by atoms with E-state index in [0.717, 1.165) is 12.1 Å². The summed E-state index contributed by atoms with van der Waals surface area (Å²) in [6, 6.07) is 3.30. The predicted octanol–water partition coefficient (Wildman–Crippen LogP) is 0.891. The molecule has 12 heavy (non-hydrogen) atoms. The van der Waals surface area contributed by atoms with Crippen LogP contribution in [0.3, 0.4) is 0 Å². The molecule has 3 nitrogen and oxygen atoms in total. The number of hydrogen-bond donors (Lipinski definition) is 2. The molecule has 0 fully saturated rings. The summed E-state index contributed by atoms with van der Waals surface area (Å²) in [4.78, 5) is 10.9. The summed E-state index contributed by atoms with van der Waals surface area (Å²) in [5, 5.41) is 11.2. The third kappa shape index (κ3) is 1.53. The highest BCUT2D eigenvalue weighted by Crippen LogP contribution is 2.14. The van der Waals surface area contributed by atoms with Gasteiger partial charge < -0.3 is 10.4 Å². The summed E-state index contributed by atoms with van der Waals surface area (Å²) in [5.41, 5.74) is -0.155. The molecule has 0 spiro atoms. The van der Waals surface area contributed by atoms with E-state index in [9.17, 15) is 9.18 Å². The van der Waals surface area contributed by atoms with Crippen molar-refractivity contribution in [3.8, 4) is 5.75 Å². The van der Waals surface area contributed by atoms with Crippen LogP contribution in [0.25, 0.3) is 0 Å². The average Bonchev–Trinajstić information content (AvgIpc) is 2.08. The molecular formula is C8H8FNO2. The van der Waals surface area contributed by atoms with Crippen LogP contribution >= 0.6 is 0 Å². The molecule has 1 aromatic rings. The van der Waals surface area contributed by atoms with E-state index in [1.54, 1.807) is 0 Å². The molecule has 1 amide bonds. The second-order valence-corrected chi connectivity index (χ2v) is 2.24. The number of phenols is 1. The van der Waals surface area contributed by atoms with Crippen molar-refractivity contribution in [3.05, 3.63) is 29.6 Å². The summed E-state index contributed by atoms with van der Waals surface area (Å²) < 4.78 is 12.8. The summed E-state index contributed by atoms with van der Waals surface area (Å²) in [6.45, 7) is 0. The van der Waals surface area contributed by atoms with Crippen LogP contribution in [-0.4, -0.2) is 18.1 Å². The van der Waals surface area contributed by atoms with Crippen molar-refractivity contribution in [1.29, 1.82) is 0 Å². The fraction of sp³-hybridized carbons (Fsp3) is 0.125. The molecule has 1 aromatic carbocycles. The number of rotatable bonds is 1. The summed E-state index contributed by atoms with van der Waals surface area (Å²) >= 11 is 0. The lowest BCUT2D eigenvalue weighted by Gasteiger charge is -2.01. The van der Waals surface area contributed by atoms with Crippen molar-refractivity contribution in [2.75, 3.05) is 7.05 Å². The quantitative estimate of drug-likeness (QED) is 0.655. The second-order valence-electron chi connectivity index (χ2n) is 2.24. The van der Waals surface area contributed by atoms with E-state index in [2.05, 4.69) is 5.32 Å². The van der Waals surface area contributed by atoms with Crippen molar-refractivity contribution in [2.45, 2.75) is 0 Å². The Morgan fingerprint density at radius 2 is 2.25 bits per heavy atom. The Bertz CT molecular complexity index is 312. The minimum Gasteiger partial charge on any atom is -0.508 e. The van der Waals surface area contributed by atoms with Crippen molar-refractivity contribution >= 4 is 5.91 Å². The summed E-state index contributed by atoms with van der Waals surface area (Å²) in [7, 11) is 1.39. The van der Waals surface area contributed by atoms with Crippen LogP contribution in [0, 0.1) is 5.82 Å². The minimum absolute atomic E-state index is 0.130. The van der Waals surface area contributed by atoms with Gasteiger partial charge in [-0.1, -0.05) is 0 Å². The highest BCUT2D eigenvalue weighted by molar-refractivity contribution is 5.94. The molecule has 2 N–H and O–H groups in total. The van der Waals surface area contributed by atoms with Gasteiger partial charge in [0.1, 0.15) is 11.6 Å². The molecule has 0 saturated heterocycles. The zero-order chi connectivity index (χ0) is 9.14. The van der Waals surface area contributed by atoms with E-state index in [-0.39, 0.29) is 11.3 Å². The monoisotopic (exact) mass is 169 g/mol. The summed E-state index contributed by atoms with van der Waals surface area (Å²) in [5.74, 6) is -1.33. The SMILES string of the molecule is CNC(=O)c1cc(O)ccc1F. The first-order valence-corrected chi connectivity index (χ1v) is 3.35. The lowest BCUT2D eigenvalue weighted by atomic mass is 10.2. The molecule has 1 rings (SSSR count). The third-order valence-corrected chi connectivity index (χ3v) is 1.42. The van der Waals surface area contributed by atoms with Crippen molar-refractivity contribution in [1.82, 2.24) is 5.32 Å². The maximum absolute atomic E-state index is 12.8. The molecule has 0 atom stereocenters. The summed E-state index contributed by atoms with van der Waals surface area (Å²) in [6.07, 6.45) is 0. The molecule has 0 aliphatic heterocycles. The average molecular weight is 169 g/mol. The minimum atomic E-state index is -0.646. The Morgan fingerprint density at radius 1 is 1.58 bits per heavy atom. The first kappa shape index (κ1) is 8.52. The lowest BCUT2D eigenvalue weighted by molar-refractivity contribution is 0.0958. The van der Waals surface area contributed by atoms with Crippen LogP contribution in [-0.2, 0) is 0 Å². The normalized spacial score (nSPS) is 9.50. The Balaban J connectivity index is 3.13. The molecule has 0 aliphatic rings. The van der Waals surface area contributed by atoms with Gasteiger partial charge in [0, 0.05) is 7.05 Å². The van der Waals surface area contributed by atoms with Gasteiger partial charge in [0.2, 0.25) is 0 Å². The fourth-order valence-electron chi connectivity index (χ4n) is 0.822. The van der Waals surface area contributed by atoms with Crippen LogP contribution in [0.15, 0.2) is 18.2 Å². The van der Waals surface area contributed by atoms with Gasteiger partial charge in [0.25, 0.3) is 5.91 Å². The van der Waals surface area contributed by atoms with Crippen LogP contribution in [0.2, 0.25) is 0 Å². The molecule has 4 heteroatoms. The molecular weight excluding hydrogens is 161 g/mol. The molecule has 0 aromatic heterocycles. The zero-order valence-electron chi connectivity index (χ0n) is 6.47. The number of carbonyl (C=O) groups excluding carboxylic acids is 1. The number of phenolic OH excluding ortho intramolecular Hbond substituents is 1. The van der Waals surface area contributed by atoms with Gasteiger partial charge in [-0.05, 0) is 18.2 Å². The van der Waals surface area contributed by atoms with Crippen LogP contribution in [0.4, 0.5) is 4.39 Å². The first-order valence-electron chi connectivity index (χ1n) is 3.35. The largest absolute Gasteiger partial charge is 0.508 e. The van der Waals surface area contributed by atoms with Crippen molar-refractivity contribution in [3.63, 3.8) is 0 Å². The Morgan fingerprint density at radius 3 is 2.83 bits per heavy atom. The van der Waals surface area contributed by atoms with E-state index >= 15 is 0 Å². The molecule has 0 radical (unpaired) electrons. The third-order valence-electron chi connectivity index (χ3n) is 1.42. The number of carbonyl (C=O) groups is 1. The number of aromatic hydroxyl groups is 1. The number of hydrogen-bond acceptors (Lipinski definition) is 2. The number of amides is 1. The van der Waals surface area contributed by atoms with Gasteiger partial charge in [-0.25, -0.2) is 4.39 Å². The van der Waals surface area contributed by atoms with Gasteiger partial charge in [-0.3, -0.25) is 4.79 Å². The Labute approximate surface area is 68.8 Å². The van der Waals surface area contributed by atoms with Gasteiger partial charge in [-0.2, -0.15) is 0 Å². The van der Waals surface area contributed by atoms with Crippen molar-refractivity contribution in [2.24, 2.45) is 0 Å². The maximum atomic E-state index is 12.8. The van der Waals surface area contributed by atoms with Crippen molar-refractivity contribution < 1.29 is 14.3 Å². The molecule has 0 aliphatic carbocycles. The lowest BCUT2D eigenvalue weighted by Crippen LogP contribution is -2.19. The molecule has 0 heterocycles. The van der Waals surface area contributed by atoms with Gasteiger partial charge in [-0.15, -0.1) is 0 Å². The van der Waals surface area contributed by atoms with Gasteiger partial charge in [0.15, 0.2) is 0 Å². The second kappa shape index (κ2) is 3.21. The fourth-order valence-corrected chi connectivity index (χ4v) is 0.822.